The molecule has 2 aliphatic rings. The van der Waals surface area contributed by atoms with Crippen LogP contribution in [0.25, 0.3) is 0 Å². The Bertz CT molecular complexity index is 245. The van der Waals surface area contributed by atoms with Crippen molar-refractivity contribution in [3.63, 3.8) is 0 Å². The maximum atomic E-state index is 5.96. The van der Waals surface area contributed by atoms with Crippen LogP contribution in [0.5, 0.6) is 0 Å². The normalized spacial score (nSPS) is 35.0. The second kappa shape index (κ2) is 6.38. The Morgan fingerprint density at radius 1 is 1.17 bits per heavy atom. The number of nitrogens with one attached hydrogen (secondary N) is 1. The monoisotopic (exact) mass is 253 g/mol. The minimum Gasteiger partial charge on any atom is -0.378 e. The molecule has 2 heteroatoms. The van der Waals surface area contributed by atoms with Crippen LogP contribution in [0.15, 0.2) is 0 Å². The SMILES string of the molecule is CC(C)NCC1(C2CCCCCC2)CCOC1C. The standard InChI is InChI=1S/C16H31NO/c1-13(2)17-12-16(10-11-18-14(16)3)15-8-6-4-5-7-9-15/h13-15,17H,4-12H2,1-3H3. The summed E-state index contributed by atoms with van der Waals surface area (Å²) < 4.78 is 5.96. The molecule has 2 atom stereocenters. The number of hydrogen-bond donors (Lipinski definition) is 1. The van der Waals surface area contributed by atoms with Gasteiger partial charge >= 0.3 is 0 Å². The third-order valence-corrected chi connectivity index (χ3v) is 5.25. The predicted molar refractivity (Wildman–Crippen MR) is 76.8 cm³/mol. The molecular weight excluding hydrogens is 222 g/mol. The first-order valence-corrected chi connectivity index (χ1v) is 8.00. The van der Waals surface area contributed by atoms with Gasteiger partial charge in [0.25, 0.3) is 0 Å². The fraction of sp³-hybridized carbons (Fsp3) is 1.00. The third-order valence-electron chi connectivity index (χ3n) is 5.25. The van der Waals surface area contributed by atoms with Gasteiger partial charge in [0.05, 0.1) is 6.10 Å². The van der Waals surface area contributed by atoms with Crippen LogP contribution in [0.4, 0.5) is 0 Å². The van der Waals surface area contributed by atoms with Crippen molar-refractivity contribution in [3.8, 4) is 0 Å². The van der Waals surface area contributed by atoms with Gasteiger partial charge in [0, 0.05) is 24.6 Å². The molecule has 2 nitrogen and oxygen atoms in total. The quantitative estimate of drug-likeness (QED) is 0.770. The molecule has 2 fully saturated rings. The Morgan fingerprint density at radius 3 is 2.33 bits per heavy atom. The van der Waals surface area contributed by atoms with Gasteiger partial charge in [-0.15, -0.1) is 0 Å². The summed E-state index contributed by atoms with van der Waals surface area (Å²) in [6, 6.07) is 0.584. The molecule has 18 heavy (non-hydrogen) atoms. The second-order valence-electron chi connectivity index (χ2n) is 6.72. The average molecular weight is 253 g/mol. The molecule has 0 radical (unpaired) electrons. The zero-order chi connectivity index (χ0) is 13.0. The van der Waals surface area contributed by atoms with Crippen molar-refractivity contribution in [2.45, 2.75) is 77.9 Å². The molecule has 0 amide bonds. The zero-order valence-corrected chi connectivity index (χ0v) is 12.5. The molecule has 2 unspecified atom stereocenters. The molecule has 0 aromatic rings. The first-order chi connectivity index (χ1) is 8.65. The van der Waals surface area contributed by atoms with Crippen LogP contribution in [-0.2, 0) is 4.74 Å². The topological polar surface area (TPSA) is 21.3 Å². The van der Waals surface area contributed by atoms with Crippen LogP contribution in [0.3, 0.4) is 0 Å². The van der Waals surface area contributed by atoms with Crippen LogP contribution >= 0.6 is 0 Å². The van der Waals surface area contributed by atoms with Gasteiger partial charge in [-0.3, -0.25) is 0 Å². The maximum absolute atomic E-state index is 5.96. The van der Waals surface area contributed by atoms with Crippen molar-refractivity contribution in [3.05, 3.63) is 0 Å². The van der Waals surface area contributed by atoms with Crippen molar-refractivity contribution < 1.29 is 4.74 Å². The first kappa shape index (κ1) is 14.3. The highest BCUT2D eigenvalue weighted by Crippen LogP contribution is 2.47. The number of ether oxygens (including phenoxy) is 1. The Hall–Kier alpha value is -0.0800. The Morgan fingerprint density at radius 2 is 1.83 bits per heavy atom. The zero-order valence-electron chi connectivity index (χ0n) is 12.5. The highest BCUT2D eigenvalue weighted by atomic mass is 16.5. The van der Waals surface area contributed by atoms with E-state index in [4.69, 9.17) is 4.74 Å². The van der Waals surface area contributed by atoms with Crippen LogP contribution in [0.2, 0.25) is 0 Å². The predicted octanol–water partition coefficient (Wildman–Crippen LogP) is 3.75. The van der Waals surface area contributed by atoms with Crippen molar-refractivity contribution in [2.75, 3.05) is 13.2 Å². The van der Waals surface area contributed by atoms with E-state index in [1.165, 1.54) is 44.9 Å². The van der Waals surface area contributed by atoms with E-state index in [-0.39, 0.29) is 0 Å². The van der Waals surface area contributed by atoms with Crippen LogP contribution in [0, 0.1) is 11.3 Å². The second-order valence-corrected chi connectivity index (χ2v) is 6.72. The van der Waals surface area contributed by atoms with Crippen molar-refractivity contribution in [1.29, 1.82) is 0 Å². The highest BCUT2D eigenvalue weighted by Gasteiger charge is 2.46. The molecule has 1 N–H and O–H groups in total. The van der Waals surface area contributed by atoms with E-state index >= 15 is 0 Å². The number of hydrogen-bond acceptors (Lipinski definition) is 2. The summed E-state index contributed by atoms with van der Waals surface area (Å²) in [4.78, 5) is 0. The molecule has 1 aliphatic carbocycles. The van der Waals surface area contributed by atoms with E-state index in [2.05, 4.69) is 26.1 Å². The van der Waals surface area contributed by atoms with Crippen LogP contribution in [-0.4, -0.2) is 25.3 Å². The molecule has 106 valence electrons. The van der Waals surface area contributed by atoms with E-state index in [0.717, 1.165) is 19.1 Å². The summed E-state index contributed by atoms with van der Waals surface area (Å²) in [5.74, 6) is 0.878. The van der Waals surface area contributed by atoms with Crippen molar-refractivity contribution in [2.24, 2.45) is 11.3 Å². The first-order valence-electron chi connectivity index (χ1n) is 8.00. The Labute approximate surface area is 113 Å². The van der Waals surface area contributed by atoms with E-state index in [9.17, 15) is 0 Å². The number of rotatable bonds is 4. The Kier molecular flexibility index (Phi) is 5.08. The molecule has 0 spiro atoms. The molecule has 0 bridgehead atoms. The summed E-state index contributed by atoms with van der Waals surface area (Å²) in [5, 5.41) is 3.70. The van der Waals surface area contributed by atoms with Gasteiger partial charge in [-0.2, -0.15) is 0 Å². The van der Waals surface area contributed by atoms with Gasteiger partial charge < -0.3 is 10.1 Å². The van der Waals surface area contributed by atoms with Gasteiger partial charge in [-0.05, 0) is 32.1 Å². The molecular formula is C16H31NO. The molecule has 0 aromatic carbocycles. The molecule has 2 rings (SSSR count). The molecule has 1 aliphatic heterocycles. The van der Waals surface area contributed by atoms with Gasteiger partial charge in [-0.25, -0.2) is 0 Å². The lowest BCUT2D eigenvalue weighted by molar-refractivity contribution is 0.0211. The minimum absolute atomic E-state index is 0.411. The highest BCUT2D eigenvalue weighted by molar-refractivity contribution is 4.97. The van der Waals surface area contributed by atoms with Crippen LogP contribution < -0.4 is 5.32 Å². The Balaban J connectivity index is 2.07. The summed E-state index contributed by atoms with van der Waals surface area (Å²) in [7, 11) is 0. The fourth-order valence-electron chi connectivity index (χ4n) is 3.96. The average Bonchev–Trinajstić information content (AvgIpc) is 2.57. The molecule has 1 saturated carbocycles. The summed E-state index contributed by atoms with van der Waals surface area (Å²) >= 11 is 0. The minimum atomic E-state index is 0.411. The molecule has 0 aromatic heterocycles. The van der Waals surface area contributed by atoms with Gasteiger partial charge in [0.2, 0.25) is 0 Å². The molecule has 1 saturated heterocycles. The summed E-state index contributed by atoms with van der Waals surface area (Å²) in [6.45, 7) is 8.93. The van der Waals surface area contributed by atoms with Crippen molar-refractivity contribution >= 4 is 0 Å². The third kappa shape index (κ3) is 3.08. The largest absolute Gasteiger partial charge is 0.378 e. The van der Waals surface area contributed by atoms with E-state index < -0.39 is 0 Å². The van der Waals surface area contributed by atoms with Gasteiger partial charge in [0.1, 0.15) is 0 Å². The molecule has 1 heterocycles. The summed E-state index contributed by atoms with van der Waals surface area (Å²) in [6.07, 6.45) is 10.3. The van der Waals surface area contributed by atoms with Crippen molar-refractivity contribution in [1.82, 2.24) is 5.32 Å². The van der Waals surface area contributed by atoms with E-state index in [1.54, 1.807) is 0 Å². The fourth-order valence-corrected chi connectivity index (χ4v) is 3.96. The maximum Gasteiger partial charge on any atom is 0.0618 e. The lowest BCUT2D eigenvalue weighted by atomic mass is 9.67. The van der Waals surface area contributed by atoms with E-state index in [1.807, 2.05) is 0 Å². The van der Waals surface area contributed by atoms with Crippen LogP contribution in [0.1, 0.15) is 65.7 Å². The lowest BCUT2D eigenvalue weighted by Gasteiger charge is -2.40. The summed E-state index contributed by atoms with van der Waals surface area (Å²) in [5.41, 5.74) is 0.411. The van der Waals surface area contributed by atoms with Gasteiger partial charge in [0.15, 0.2) is 0 Å². The smallest absolute Gasteiger partial charge is 0.0618 e. The van der Waals surface area contributed by atoms with E-state index in [0.29, 0.717) is 17.6 Å². The van der Waals surface area contributed by atoms with Gasteiger partial charge in [-0.1, -0.05) is 39.5 Å². The lowest BCUT2D eigenvalue weighted by Crippen LogP contribution is -2.46.